The Morgan fingerprint density at radius 1 is 1.32 bits per heavy atom. The summed E-state index contributed by atoms with van der Waals surface area (Å²) in [7, 11) is 1.52. The molecule has 2 aromatic rings. The van der Waals surface area contributed by atoms with Gasteiger partial charge >= 0.3 is 0 Å². The van der Waals surface area contributed by atoms with Gasteiger partial charge in [0.2, 0.25) is 0 Å². The third-order valence-corrected chi connectivity index (χ3v) is 4.00. The number of ether oxygens (including phenoxy) is 3. The Hall–Kier alpha value is -2.88. The molecule has 0 aliphatic carbocycles. The summed E-state index contributed by atoms with van der Waals surface area (Å²) >= 11 is 11.9. The van der Waals surface area contributed by atoms with Crippen molar-refractivity contribution in [2.75, 3.05) is 13.7 Å². The predicted molar refractivity (Wildman–Crippen MR) is 110 cm³/mol. The summed E-state index contributed by atoms with van der Waals surface area (Å²) in [6.45, 7) is 1.64. The number of benzene rings is 2. The van der Waals surface area contributed by atoms with E-state index >= 15 is 0 Å². The number of hydrazone groups is 1. The summed E-state index contributed by atoms with van der Waals surface area (Å²) in [5, 5.41) is 4.72. The monoisotopic (exact) mass is 420 g/mol. The van der Waals surface area contributed by atoms with Crippen molar-refractivity contribution in [3.63, 3.8) is 0 Å². The minimum atomic E-state index is -0.835. The van der Waals surface area contributed by atoms with Crippen LogP contribution in [0.5, 0.6) is 17.2 Å². The van der Waals surface area contributed by atoms with Gasteiger partial charge in [0, 0.05) is 10.6 Å². The standard InChI is InChI=1S/C20H18Cl2N2O4/c1-4-10-27-19-14(6-5-7-18(19)26-3)12-23-24-20(25)13(2)28-17-9-8-15(21)11-16(17)22/h1,5-9,11-13H,10H2,2-3H3,(H,24,25)/b23-12+. The molecule has 0 saturated carbocycles. The van der Waals surface area contributed by atoms with Gasteiger partial charge in [-0.3, -0.25) is 4.79 Å². The number of carbonyl (C=O) groups excluding carboxylic acids is 1. The SMILES string of the molecule is C#CCOc1c(/C=N/NC(=O)C(C)Oc2ccc(Cl)cc2Cl)cccc1OC. The molecule has 146 valence electrons. The molecule has 2 rings (SSSR count). The zero-order valence-electron chi connectivity index (χ0n) is 15.2. The summed E-state index contributed by atoms with van der Waals surface area (Å²) in [5.74, 6) is 3.20. The van der Waals surface area contributed by atoms with Gasteiger partial charge in [0.25, 0.3) is 5.91 Å². The Morgan fingerprint density at radius 2 is 2.11 bits per heavy atom. The van der Waals surface area contributed by atoms with Crippen molar-refractivity contribution in [2.45, 2.75) is 13.0 Å². The predicted octanol–water partition coefficient (Wildman–Crippen LogP) is 3.93. The zero-order valence-corrected chi connectivity index (χ0v) is 16.8. The van der Waals surface area contributed by atoms with Crippen molar-refractivity contribution >= 4 is 35.3 Å². The van der Waals surface area contributed by atoms with Crippen LogP contribution < -0.4 is 19.6 Å². The molecular weight excluding hydrogens is 403 g/mol. The smallest absolute Gasteiger partial charge is 0.280 e. The van der Waals surface area contributed by atoms with Crippen LogP contribution in [0.2, 0.25) is 10.0 Å². The van der Waals surface area contributed by atoms with E-state index in [4.69, 9.17) is 43.8 Å². The molecule has 6 nitrogen and oxygen atoms in total. The highest BCUT2D eigenvalue weighted by Gasteiger charge is 2.16. The van der Waals surface area contributed by atoms with Crippen molar-refractivity contribution in [3.05, 3.63) is 52.0 Å². The first-order valence-corrected chi connectivity index (χ1v) is 8.89. The zero-order chi connectivity index (χ0) is 20.5. The molecule has 0 heterocycles. The van der Waals surface area contributed by atoms with Crippen molar-refractivity contribution in [3.8, 4) is 29.6 Å². The lowest BCUT2D eigenvalue weighted by Gasteiger charge is -2.14. The molecule has 1 N–H and O–H groups in total. The van der Waals surface area contributed by atoms with Crippen molar-refractivity contribution in [1.29, 1.82) is 0 Å². The fourth-order valence-electron chi connectivity index (χ4n) is 2.13. The third kappa shape index (κ3) is 5.81. The molecule has 2 aromatic carbocycles. The fourth-order valence-corrected chi connectivity index (χ4v) is 2.59. The van der Waals surface area contributed by atoms with Crippen molar-refractivity contribution in [1.82, 2.24) is 5.43 Å². The quantitative estimate of drug-likeness (QED) is 0.399. The second-order valence-corrected chi connectivity index (χ2v) is 6.28. The fraction of sp³-hybridized carbons (Fsp3) is 0.200. The molecule has 0 aromatic heterocycles. The van der Waals surface area contributed by atoms with Crippen LogP contribution in [-0.4, -0.2) is 31.9 Å². The molecule has 1 unspecified atom stereocenters. The maximum Gasteiger partial charge on any atom is 0.280 e. The third-order valence-electron chi connectivity index (χ3n) is 3.47. The maximum atomic E-state index is 12.2. The maximum absolute atomic E-state index is 12.2. The number of halogens is 2. The largest absolute Gasteiger partial charge is 0.493 e. The summed E-state index contributed by atoms with van der Waals surface area (Å²) in [4.78, 5) is 12.2. The first-order chi connectivity index (χ1) is 13.5. The topological polar surface area (TPSA) is 69.2 Å². The van der Waals surface area contributed by atoms with Crippen molar-refractivity contribution < 1.29 is 19.0 Å². The highest BCUT2D eigenvalue weighted by Crippen LogP contribution is 2.30. The van der Waals surface area contributed by atoms with Crippen LogP contribution in [0.1, 0.15) is 12.5 Å². The number of carbonyl (C=O) groups is 1. The van der Waals surface area contributed by atoms with E-state index in [9.17, 15) is 4.79 Å². The molecule has 28 heavy (non-hydrogen) atoms. The van der Waals surface area contributed by atoms with E-state index in [0.717, 1.165) is 0 Å². The molecule has 8 heteroatoms. The van der Waals surface area contributed by atoms with Gasteiger partial charge in [-0.15, -0.1) is 6.42 Å². The van der Waals surface area contributed by atoms with E-state index in [-0.39, 0.29) is 6.61 Å². The van der Waals surface area contributed by atoms with Crippen LogP contribution in [0.15, 0.2) is 41.5 Å². The summed E-state index contributed by atoms with van der Waals surface area (Å²) in [6, 6.07) is 9.97. The average Bonchev–Trinajstić information content (AvgIpc) is 2.68. The van der Waals surface area contributed by atoms with Crippen molar-refractivity contribution in [2.24, 2.45) is 5.10 Å². The Labute approximate surface area is 173 Å². The molecule has 0 fully saturated rings. The minimum Gasteiger partial charge on any atom is -0.493 e. The van der Waals surface area contributed by atoms with Crippen LogP contribution in [0, 0.1) is 12.3 Å². The van der Waals surface area contributed by atoms with Gasteiger partial charge in [0.15, 0.2) is 17.6 Å². The Morgan fingerprint density at radius 3 is 2.79 bits per heavy atom. The van der Waals surface area contributed by atoms with Gasteiger partial charge in [-0.25, -0.2) is 5.43 Å². The molecule has 0 saturated heterocycles. The normalized spacial score (nSPS) is 11.5. The number of terminal acetylenes is 1. The van der Waals surface area contributed by atoms with Gasteiger partial charge in [0.1, 0.15) is 12.4 Å². The Kier molecular flexibility index (Phi) is 8.00. The first kappa shape index (κ1) is 21.4. The Balaban J connectivity index is 2.03. The average molecular weight is 421 g/mol. The first-order valence-electron chi connectivity index (χ1n) is 8.14. The highest BCUT2D eigenvalue weighted by atomic mass is 35.5. The van der Waals surface area contributed by atoms with Gasteiger partial charge in [0.05, 0.1) is 18.3 Å². The molecule has 0 aliphatic heterocycles. The summed E-state index contributed by atoms with van der Waals surface area (Å²) < 4.78 is 16.3. The number of para-hydroxylation sites is 1. The van der Waals surface area contributed by atoms with Gasteiger partial charge in [-0.1, -0.05) is 35.2 Å². The molecule has 1 atom stereocenters. The van der Waals surface area contributed by atoms with E-state index in [1.54, 1.807) is 37.3 Å². The van der Waals surface area contributed by atoms with Crippen LogP contribution in [0.3, 0.4) is 0 Å². The van der Waals surface area contributed by atoms with E-state index in [1.165, 1.54) is 19.4 Å². The number of amides is 1. The molecule has 1 amide bonds. The number of nitrogens with one attached hydrogen (secondary N) is 1. The second kappa shape index (κ2) is 10.5. The van der Waals surface area contributed by atoms with Crippen LogP contribution in [-0.2, 0) is 4.79 Å². The lowest BCUT2D eigenvalue weighted by Crippen LogP contribution is -2.33. The van der Waals surface area contributed by atoms with E-state index in [1.807, 2.05) is 0 Å². The number of hydrogen-bond acceptors (Lipinski definition) is 5. The molecular formula is C20H18Cl2N2O4. The van der Waals surface area contributed by atoms with Gasteiger partial charge in [-0.05, 0) is 37.3 Å². The molecule has 0 aliphatic rings. The lowest BCUT2D eigenvalue weighted by atomic mass is 10.2. The second-order valence-electron chi connectivity index (χ2n) is 5.44. The van der Waals surface area contributed by atoms with Crippen LogP contribution in [0.4, 0.5) is 0 Å². The molecule has 0 bridgehead atoms. The van der Waals surface area contributed by atoms with Gasteiger partial charge < -0.3 is 14.2 Å². The number of hydrogen-bond donors (Lipinski definition) is 1. The summed E-state index contributed by atoms with van der Waals surface area (Å²) in [6.07, 6.45) is 5.83. The van der Waals surface area contributed by atoms with E-state index in [0.29, 0.717) is 32.9 Å². The molecule has 0 radical (unpaired) electrons. The van der Waals surface area contributed by atoms with Crippen LogP contribution in [0.25, 0.3) is 0 Å². The highest BCUT2D eigenvalue weighted by molar-refractivity contribution is 6.35. The number of rotatable bonds is 8. The number of methoxy groups -OCH3 is 1. The Bertz CT molecular complexity index is 910. The lowest BCUT2D eigenvalue weighted by molar-refractivity contribution is -0.127. The van der Waals surface area contributed by atoms with Gasteiger partial charge in [-0.2, -0.15) is 5.10 Å². The number of nitrogens with zero attached hydrogens (tertiary/aromatic N) is 1. The minimum absolute atomic E-state index is 0.0697. The molecule has 0 spiro atoms. The van der Waals surface area contributed by atoms with Crippen LogP contribution >= 0.6 is 23.2 Å². The van der Waals surface area contributed by atoms with E-state index in [2.05, 4.69) is 16.4 Å². The summed E-state index contributed by atoms with van der Waals surface area (Å²) in [5.41, 5.74) is 2.99. The van der Waals surface area contributed by atoms with E-state index < -0.39 is 12.0 Å².